The van der Waals surface area contributed by atoms with Crippen LogP contribution in [0.1, 0.15) is 48.1 Å². The van der Waals surface area contributed by atoms with E-state index >= 15 is 0 Å². The molecule has 0 saturated heterocycles. The third-order valence-corrected chi connectivity index (χ3v) is 9.85. The standard InChI is InChI=1S/C44H37N/c1-29-20-21-30-12-7-8-17-37(30)43(29)33-14-11-13-31(26-33)40-28-35(45-34-15-5-4-6-16-34)23-25-36(40)32-22-24-39-38-18-9-10-19-41(38)44(2,3)42(39)27-32/h4-22,24-28,35,45H,23H2,1-3H3. The molecule has 0 bridgehead atoms. The van der Waals surface area contributed by atoms with E-state index in [9.17, 15) is 0 Å². The maximum Gasteiger partial charge on any atom is 0.0488 e. The Hall–Kier alpha value is -5.14. The number of rotatable bonds is 5. The summed E-state index contributed by atoms with van der Waals surface area (Å²) in [5, 5.41) is 6.35. The van der Waals surface area contributed by atoms with E-state index in [2.05, 4.69) is 172 Å². The molecule has 2 aliphatic carbocycles. The monoisotopic (exact) mass is 579 g/mol. The van der Waals surface area contributed by atoms with Crippen LogP contribution in [-0.2, 0) is 5.41 Å². The van der Waals surface area contributed by atoms with Gasteiger partial charge < -0.3 is 5.32 Å². The zero-order chi connectivity index (χ0) is 30.5. The van der Waals surface area contributed by atoms with E-state index in [4.69, 9.17) is 0 Å². The molecule has 0 aliphatic heterocycles. The maximum absolute atomic E-state index is 3.78. The first-order chi connectivity index (χ1) is 22.0. The second kappa shape index (κ2) is 10.8. The van der Waals surface area contributed by atoms with Crippen molar-refractivity contribution in [3.05, 3.63) is 173 Å². The highest BCUT2D eigenvalue weighted by Crippen LogP contribution is 2.50. The molecule has 0 saturated carbocycles. The number of fused-ring (bicyclic) bond motifs is 4. The molecule has 1 unspecified atom stereocenters. The Bertz CT molecular complexity index is 2140. The fourth-order valence-corrected chi connectivity index (χ4v) is 7.57. The summed E-state index contributed by atoms with van der Waals surface area (Å²) in [7, 11) is 0. The van der Waals surface area contributed by atoms with Crippen molar-refractivity contribution in [3.63, 3.8) is 0 Å². The van der Waals surface area contributed by atoms with Crippen molar-refractivity contribution in [3.8, 4) is 22.3 Å². The summed E-state index contributed by atoms with van der Waals surface area (Å²) >= 11 is 0. The molecule has 6 aromatic carbocycles. The summed E-state index contributed by atoms with van der Waals surface area (Å²) in [4.78, 5) is 0. The molecular formula is C44H37N. The highest BCUT2D eigenvalue weighted by atomic mass is 14.9. The van der Waals surface area contributed by atoms with Crippen LogP contribution in [-0.4, -0.2) is 6.04 Å². The predicted molar refractivity (Wildman–Crippen MR) is 193 cm³/mol. The van der Waals surface area contributed by atoms with E-state index in [1.165, 1.54) is 72.0 Å². The molecule has 1 atom stereocenters. The molecule has 1 N–H and O–H groups in total. The lowest BCUT2D eigenvalue weighted by molar-refractivity contribution is 0.660. The number of para-hydroxylation sites is 1. The Morgan fingerprint density at radius 1 is 0.600 bits per heavy atom. The third-order valence-electron chi connectivity index (χ3n) is 9.85. The lowest BCUT2D eigenvalue weighted by Gasteiger charge is -2.26. The van der Waals surface area contributed by atoms with Crippen LogP contribution in [0, 0.1) is 6.92 Å². The Kier molecular flexibility index (Phi) is 6.57. The van der Waals surface area contributed by atoms with Gasteiger partial charge in [-0.05, 0) is 110 Å². The zero-order valence-corrected chi connectivity index (χ0v) is 26.1. The zero-order valence-electron chi connectivity index (χ0n) is 26.1. The van der Waals surface area contributed by atoms with Crippen molar-refractivity contribution >= 4 is 27.6 Å². The normalized spacial score (nSPS) is 16.5. The van der Waals surface area contributed by atoms with Crippen LogP contribution >= 0.6 is 0 Å². The first kappa shape index (κ1) is 27.4. The number of nitrogens with one attached hydrogen (secondary N) is 1. The summed E-state index contributed by atoms with van der Waals surface area (Å²) in [6.45, 7) is 6.95. The molecule has 0 aromatic heterocycles. The van der Waals surface area contributed by atoms with Gasteiger partial charge >= 0.3 is 0 Å². The topological polar surface area (TPSA) is 12.0 Å². The molecule has 1 nitrogen and oxygen atoms in total. The van der Waals surface area contributed by atoms with Gasteiger partial charge in [0.15, 0.2) is 0 Å². The second-order valence-electron chi connectivity index (χ2n) is 13.0. The number of aryl methyl sites for hydroxylation is 1. The number of allylic oxidation sites excluding steroid dienone is 2. The van der Waals surface area contributed by atoms with Gasteiger partial charge in [0.1, 0.15) is 0 Å². The van der Waals surface area contributed by atoms with E-state index in [0.717, 1.165) is 12.1 Å². The van der Waals surface area contributed by atoms with Crippen molar-refractivity contribution < 1.29 is 0 Å². The van der Waals surface area contributed by atoms with Gasteiger partial charge in [-0.1, -0.05) is 135 Å². The van der Waals surface area contributed by atoms with Gasteiger partial charge in [0.25, 0.3) is 0 Å². The minimum Gasteiger partial charge on any atom is -0.378 e. The smallest absolute Gasteiger partial charge is 0.0488 e. The lowest BCUT2D eigenvalue weighted by Crippen LogP contribution is -2.19. The van der Waals surface area contributed by atoms with Gasteiger partial charge in [0, 0.05) is 17.1 Å². The van der Waals surface area contributed by atoms with Crippen LogP contribution in [0.3, 0.4) is 0 Å². The quantitative estimate of drug-likeness (QED) is 0.214. The van der Waals surface area contributed by atoms with Crippen LogP contribution in [0.15, 0.2) is 146 Å². The van der Waals surface area contributed by atoms with Crippen molar-refractivity contribution in [1.29, 1.82) is 0 Å². The molecular weight excluding hydrogens is 542 g/mol. The van der Waals surface area contributed by atoms with Crippen molar-refractivity contribution in [2.24, 2.45) is 0 Å². The molecule has 218 valence electrons. The van der Waals surface area contributed by atoms with Gasteiger partial charge in [-0.2, -0.15) is 0 Å². The largest absolute Gasteiger partial charge is 0.378 e. The average molecular weight is 580 g/mol. The minimum absolute atomic E-state index is 0.0375. The molecule has 0 heterocycles. The summed E-state index contributed by atoms with van der Waals surface area (Å²) in [5.74, 6) is 0. The van der Waals surface area contributed by atoms with Gasteiger partial charge in [-0.3, -0.25) is 0 Å². The molecule has 2 aliphatic rings. The Morgan fingerprint density at radius 2 is 1.33 bits per heavy atom. The molecule has 0 fully saturated rings. The van der Waals surface area contributed by atoms with Gasteiger partial charge in [-0.15, -0.1) is 0 Å². The van der Waals surface area contributed by atoms with Gasteiger partial charge in [-0.25, -0.2) is 0 Å². The maximum atomic E-state index is 3.78. The summed E-state index contributed by atoms with van der Waals surface area (Å²) < 4.78 is 0. The van der Waals surface area contributed by atoms with Gasteiger partial charge in [0.05, 0.1) is 0 Å². The SMILES string of the molecule is Cc1ccc2ccccc2c1-c1cccc(C2=CC(Nc3ccccc3)CC=C2c2ccc3c(c2)C(C)(C)c2ccccc2-3)c1. The summed E-state index contributed by atoms with van der Waals surface area (Å²) in [6.07, 6.45) is 5.82. The third kappa shape index (κ3) is 4.71. The molecule has 1 heteroatoms. The number of anilines is 1. The van der Waals surface area contributed by atoms with E-state index < -0.39 is 0 Å². The Balaban J connectivity index is 1.25. The van der Waals surface area contributed by atoms with Crippen LogP contribution in [0.4, 0.5) is 5.69 Å². The van der Waals surface area contributed by atoms with Crippen molar-refractivity contribution in [1.82, 2.24) is 0 Å². The van der Waals surface area contributed by atoms with E-state index in [0.29, 0.717) is 0 Å². The average Bonchev–Trinajstić information content (AvgIpc) is 3.31. The molecule has 8 rings (SSSR count). The molecule has 0 amide bonds. The number of hydrogen-bond donors (Lipinski definition) is 1. The first-order valence-electron chi connectivity index (χ1n) is 16.1. The van der Waals surface area contributed by atoms with E-state index in [1.807, 2.05) is 0 Å². The Labute approximate surface area is 266 Å². The highest BCUT2D eigenvalue weighted by Gasteiger charge is 2.35. The fourth-order valence-electron chi connectivity index (χ4n) is 7.57. The molecule has 0 spiro atoms. The lowest BCUT2D eigenvalue weighted by atomic mass is 9.79. The fraction of sp³-hybridized carbons (Fsp3) is 0.136. The summed E-state index contributed by atoms with van der Waals surface area (Å²) in [5.41, 5.74) is 15.6. The van der Waals surface area contributed by atoms with Crippen LogP contribution in [0.2, 0.25) is 0 Å². The van der Waals surface area contributed by atoms with Crippen LogP contribution in [0.5, 0.6) is 0 Å². The van der Waals surface area contributed by atoms with Crippen molar-refractivity contribution in [2.75, 3.05) is 5.32 Å². The van der Waals surface area contributed by atoms with E-state index in [1.54, 1.807) is 0 Å². The predicted octanol–water partition coefficient (Wildman–Crippen LogP) is 11.5. The van der Waals surface area contributed by atoms with Crippen molar-refractivity contribution in [2.45, 2.75) is 38.6 Å². The van der Waals surface area contributed by atoms with Crippen LogP contribution in [0.25, 0.3) is 44.2 Å². The second-order valence-corrected chi connectivity index (χ2v) is 13.0. The molecule has 45 heavy (non-hydrogen) atoms. The highest BCUT2D eigenvalue weighted by molar-refractivity contribution is 6.07. The van der Waals surface area contributed by atoms with Gasteiger partial charge in [0.2, 0.25) is 0 Å². The number of benzene rings is 6. The number of hydrogen-bond acceptors (Lipinski definition) is 1. The van der Waals surface area contributed by atoms with E-state index in [-0.39, 0.29) is 11.5 Å². The summed E-state index contributed by atoms with van der Waals surface area (Å²) in [6, 6.07) is 49.2. The molecule has 0 radical (unpaired) electrons. The minimum atomic E-state index is -0.0375. The molecule has 6 aromatic rings. The van der Waals surface area contributed by atoms with Crippen LogP contribution < -0.4 is 5.32 Å². The first-order valence-corrected chi connectivity index (χ1v) is 16.1. The Morgan fingerprint density at radius 3 is 2.22 bits per heavy atom.